The molecule has 2 rings (SSSR count). The van der Waals surface area contributed by atoms with Crippen molar-refractivity contribution in [2.24, 2.45) is 5.92 Å². The van der Waals surface area contributed by atoms with Gasteiger partial charge in [0, 0.05) is 32.0 Å². The fourth-order valence-electron chi connectivity index (χ4n) is 2.24. The van der Waals surface area contributed by atoms with Gasteiger partial charge in [-0.3, -0.25) is 9.78 Å². The smallest absolute Gasteiger partial charge is 0.257 e. The van der Waals surface area contributed by atoms with Crippen molar-refractivity contribution in [1.29, 1.82) is 0 Å². The summed E-state index contributed by atoms with van der Waals surface area (Å²) in [5.41, 5.74) is 1.58. The number of nitrogens with one attached hydrogen (secondary N) is 1. The van der Waals surface area contributed by atoms with E-state index in [-0.39, 0.29) is 5.91 Å². The first-order chi connectivity index (χ1) is 9.26. The normalized spacial score (nSPS) is 14.2. The fourth-order valence-corrected chi connectivity index (χ4v) is 2.24. The highest BCUT2D eigenvalue weighted by Gasteiger charge is 2.27. The minimum absolute atomic E-state index is 0.109. The maximum Gasteiger partial charge on any atom is 0.257 e. The Morgan fingerprint density at radius 3 is 2.89 bits per heavy atom. The van der Waals surface area contributed by atoms with Gasteiger partial charge < -0.3 is 10.2 Å². The van der Waals surface area contributed by atoms with Gasteiger partial charge >= 0.3 is 0 Å². The number of hydrogen-bond donors (Lipinski definition) is 1. The molecule has 19 heavy (non-hydrogen) atoms. The van der Waals surface area contributed by atoms with Crippen LogP contribution in [-0.4, -0.2) is 35.4 Å². The van der Waals surface area contributed by atoms with Gasteiger partial charge in [-0.2, -0.15) is 0 Å². The van der Waals surface area contributed by atoms with E-state index in [1.165, 1.54) is 12.8 Å². The van der Waals surface area contributed by atoms with Gasteiger partial charge in [0.15, 0.2) is 0 Å². The van der Waals surface area contributed by atoms with Gasteiger partial charge in [0.25, 0.3) is 5.91 Å². The topological polar surface area (TPSA) is 45.2 Å². The van der Waals surface area contributed by atoms with Crippen molar-refractivity contribution in [2.75, 3.05) is 25.0 Å². The largest absolute Gasteiger partial charge is 0.385 e. The molecule has 0 radical (unpaired) electrons. The molecule has 1 saturated carbocycles. The van der Waals surface area contributed by atoms with Crippen molar-refractivity contribution in [3.8, 4) is 0 Å². The highest BCUT2D eigenvalue weighted by molar-refractivity contribution is 5.99. The Kier molecular flexibility index (Phi) is 4.77. The predicted octanol–water partition coefficient (Wildman–Crippen LogP) is 2.78. The molecule has 0 saturated heterocycles. The average Bonchev–Trinajstić information content (AvgIpc) is 3.22. The van der Waals surface area contributed by atoms with Crippen LogP contribution in [0.2, 0.25) is 0 Å². The SMILES string of the molecule is CCCN(CC1CC1)C(=O)c1cnccc1NCC. The van der Waals surface area contributed by atoms with Crippen LogP contribution < -0.4 is 5.32 Å². The van der Waals surface area contributed by atoms with E-state index in [1.807, 2.05) is 17.9 Å². The van der Waals surface area contributed by atoms with Crippen LogP contribution in [0.5, 0.6) is 0 Å². The lowest BCUT2D eigenvalue weighted by Gasteiger charge is -2.23. The predicted molar refractivity (Wildman–Crippen MR) is 77.3 cm³/mol. The third-order valence-electron chi connectivity index (χ3n) is 3.37. The Morgan fingerprint density at radius 2 is 2.26 bits per heavy atom. The number of carbonyl (C=O) groups is 1. The van der Waals surface area contributed by atoms with Gasteiger partial charge in [-0.25, -0.2) is 0 Å². The van der Waals surface area contributed by atoms with E-state index >= 15 is 0 Å². The maximum absolute atomic E-state index is 12.6. The molecule has 0 atom stereocenters. The monoisotopic (exact) mass is 261 g/mol. The Hall–Kier alpha value is -1.58. The second-order valence-corrected chi connectivity index (χ2v) is 5.15. The van der Waals surface area contributed by atoms with Crippen LogP contribution >= 0.6 is 0 Å². The third-order valence-corrected chi connectivity index (χ3v) is 3.37. The lowest BCUT2D eigenvalue weighted by atomic mass is 10.2. The zero-order valence-corrected chi connectivity index (χ0v) is 11.9. The number of nitrogens with zero attached hydrogens (tertiary/aromatic N) is 2. The van der Waals surface area contributed by atoms with Crippen molar-refractivity contribution in [2.45, 2.75) is 33.1 Å². The molecular formula is C15H23N3O. The number of carbonyl (C=O) groups excluding carboxylic acids is 1. The lowest BCUT2D eigenvalue weighted by molar-refractivity contribution is 0.0748. The van der Waals surface area contributed by atoms with E-state index < -0.39 is 0 Å². The molecular weight excluding hydrogens is 238 g/mol. The fraction of sp³-hybridized carbons (Fsp3) is 0.600. The Labute approximate surface area is 115 Å². The molecule has 1 N–H and O–H groups in total. The maximum atomic E-state index is 12.6. The summed E-state index contributed by atoms with van der Waals surface area (Å²) >= 11 is 0. The van der Waals surface area contributed by atoms with Crippen LogP contribution in [0.15, 0.2) is 18.5 Å². The molecule has 104 valence electrons. The first kappa shape index (κ1) is 13.8. The van der Waals surface area contributed by atoms with Crippen LogP contribution in [0.3, 0.4) is 0 Å². The van der Waals surface area contributed by atoms with Crippen LogP contribution in [0.4, 0.5) is 5.69 Å². The molecule has 4 nitrogen and oxygen atoms in total. The molecule has 1 aromatic rings. The van der Waals surface area contributed by atoms with E-state index in [0.717, 1.165) is 37.7 Å². The second kappa shape index (κ2) is 6.55. The average molecular weight is 261 g/mol. The van der Waals surface area contributed by atoms with Gasteiger partial charge in [0.1, 0.15) is 0 Å². The summed E-state index contributed by atoms with van der Waals surface area (Å²) in [5, 5.41) is 3.24. The summed E-state index contributed by atoms with van der Waals surface area (Å²) in [5.74, 6) is 0.826. The molecule has 1 fully saturated rings. The number of hydrogen-bond acceptors (Lipinski definition) is 3. The van der Waals surface area contributed by atoms with Crippen molar-refractivity contribution in [3.63, 3.8) is 0 Å². The number of rotatable bonds is 7. The first-order valence-corrected chi connectivity index (χ1v) is 7.23. The second-order valence-electron chi connectivity index (χ2n) is 5.15. The van der Waals surface area contributed by atoms with Crippen LogP contribution in [-0.2, 0) is 0 Å². The first-order valence-electron chi connectivity index (χ1n) is 7.23. The number of amides is 1. The van der Waals surface area contributed by atoms with Crippen molar-refractivity contribution >= 4 is 11.6 Å². The van der Waals surface area contributed by atoms with E-state index in [4.69, 9.17) is 0 Å². The summed E-state index contributed by atoms with van der Waals surface area (Å²) in [6.45, 7) is 6.67. The third kappa shape index (κ3) is 3.69. The summed E-state index contributed by atoms with van der Waals surface area (Å²) in [6.07, 6.45) is 6.92. The van der Waals surface area contributed by atoms with Crippen molar-refractivity contribution in [1.82, 2.24) is 9.88 Å². The zero-order chi connectivity index (χ0) is 13.7. The Bertz CT molecular complexity index is 429. The van der Waals surface area contributed by atoms with Gasteiger partial charge in [0.05, 0.1) is 11.3 Å². The minimum Gasteiger partial charge on any atom is -0.385 e. The molecule has 1 aromatic heterocycles. The molecule has 1 heterocycles. The number of pyridine rings is 1. The Morgan fingerprint density at radius 1 is 1.47 bits per heavy atom. The molecule has 1 amide bonds. The molecule has 0 aliphatic heterocycles. The van der Waals surface area contributed by atoms with E-state index in [1.54, 1.807) is 12.4 Å². The molecule has 0 spiro atoms. The number of anilines is 1. The molecule has 4 heteroatoms. The molecule has 0 unspecified atom stereocenters. The summed E-state index contributed by atoms with van der Waals surface area (Å²) in [7, 11) is 0. The van der Waals surface area contributed by atoms with E-state index in [2.05, 4.69) is 17.2 Å². The summed E-state index contributed by atoms with van der Waals surface area (Å²) in [6, 6.07) is 1.87. The highest BCUT2D eigenvalue weighted by Crippen LogP contribution is 2.30. The van der Waals surface area contributed by atoms with E-state index in [0.29, 0.717) is 5.56 Å². The van der Waals surface area contributed by atoms with Crippen molar-refractivity contribution < 1.29 is 4.79 Å². The van der Waals surface area contributed by atoms with Gasteiger partial charge in [0.2, 0.25) is 0 Å². The quantitative estimate of drug-likeness (QED) is 0.821. The van der Waals surface area contributed by atoms with Crippen LogP contribution in [0.1, 0.15) is 43.5 Å². The molecule has 0 aromatic carbocycles. The molecule has 0 bridgehead atoms. The highest BCUT2D eigenvalue weighted by atomic mass is 16.2. The molecule has 1 aliphatic rings. The standard InChI is InChI=1S/C15H23N3O/c1-3-9-18(11-12-5-6-12)15(19)13-10-16-8-7-14(13)17-4-2/h7-8,10,12H,3-6,9,11H2,1-2H3,(H,16,17). The lowest BCUT2D eigenvalue weighted by Crippen LogP contribution is -2.34. The Balaban J connectivity index is 2.14. The minimum atomic E-state index is 0.109. The summed E-state index contributed by atoms with van der Waals surface area (Å²) < 4.78 is 0. The number of aromatic nitrogens is 1. The zero-order valence-electron chi connectivity index (χ0n) is 11.9. The summed E-state index contributed by atoms with van der Waals surface area (Å²) in [4.78, 5) is 18.7. The van der Waals surface area contributed by atoms with Gasteiger partial charge in [-0.15, -0.1) is 0 Å². The van der Waals surface area contributed by atoms with Gasteiger partial charge in [-0.1, -0.05) is 6.92 Å². The van der Waals surface area contributed by atoms with E-state index in [9.17, 15) is 4.79 Å². The van der Waals surface area contributed by atoms with Crippen LogP contribution in [0, 0.1) is 5.92 Å². The van der Waals surface area contributed by atoms with Gasteiger partial charge in [-0.05, 0) is 38.2 Å². The van der Waals surface area contributed by atoms with Crippen molar-refractivity contribution in [3.05, 3.63) is 24.0 Å². The molecule has 1 aliphatic carbocycles. The van der Waals surface area contributed by atoms with Crippen LogP contribution in [0.25, 0.3) is 0 Å².